The second-order valence-electron chi connectivity index (χ2n) is 5.10. The fraction of sp³-hybridized carbons (Fsp3) is 0.500. The Hall–Kier alpha value is -1.99. The van der Waals surface area contributed by atoms with Gasteiger partial charge in [0.25, 0.3) is 0 Å². The molecule has 24 heavy (non-hydrogen) atoms. The van der Waals surface area contributed by atoms with E-state index in [-0.39, 0.29) is 17.0 Å². The van der Waals surface area contributed by atoms with Gasteiger partial charge in [-0.25, -0.2) is 19.7 Å². The van der Waals surface area contributed by atoms with Crippen molar-refractivity contribution in [2.24, 2.45) is 5.73 Å². The van der Waals surface area contributed by atoms with Crippen molar-refractivity contribution in [3.8, 4) is 0 Å². The number of rotatable bonds is 4. The van der Waals surface area contributed by atoms with Crippen LogP contribution in [-0.2, 0) is 4.74 Å². The van der Waals surface area contributed by atoms with Gasteiger partial charge < -0.3 is 25.8 Å². The quantitative estimate of drug-likeness (QED) is 0.328. The number of aliphatic hydroxyl groups is 3. The molecule has 2 amide bonds. The van der Waals surface area contributed by atoms with E-state index in [0.29, 0.717) is 5.16 Å². The van der Waals surface area contributed by atoms with E-state index in [2.05, 4.69) is 20.3 Å². The van der Waals surface area contributed by atoms with Crippen molar-refractivity contribution < 1.29 is 24.9 Å². The van der Waals surface area contributed by atoms with E-state index in [9.17, 15) is 20.1 Å². The third kappa shape index (κ3) is 2.78. The maximum absolute atomic E-state index is 11.1. The maximum atomic E-state index is 11.1. The molecule has 2 aromatic heterocycles. The molecular formula is C12H16N6O5S. The van der Waals surface area contributed by atoms with Gasteiger partial charge in [0, 0.05) is 0 Å². The second-order valence-corrected chi connectivity index (χ2v) is 5.87. The number of fused-ring (bicyclic) bond motifs is 1. The number of nitrogens with zero attached hydrogens (tertiary/aromatic N) is 4. The molecule has 1 aliphatic heterocycles. The lowest BCUT2D eigenvalue weighted by Gasteiger charge is -2.16. The molecule has 3 heterocycles. The summed E-state index contributed by atoms with van der Waals surface area (Å²) in [5.74, 6) is 0.127. The topological polar surface area (TPSA) is 169 Å². The summed E-state index contributed by atoms with van der Waals surface area (Å²) in [5, 5.41) is 32.0. The number of imidazole rings is 1. The molecule has 11 nitrogen and oxygen atoms in total. The minimum absolute atomic E-state index is 0.127. The molecule has 0 aromatic carbocycles. The maximum Gasteiger partial charge on any atom is 0.317 e. The van der Waals surface area contributed by atoms with Crippen molar-refractivity contribution in [2.45, 2.75) is 29.7 Å². The standard InChI is InChI=1S/C12H16N6O5S/c1-24-12-16-8(15-11(13)22)5-9(17-12)18(3-14-5)10-7(21)6(20)4(2-19)23-10/h3-4,6-7,10,19-21H,2H2,1H3,(H3,13,15,16,17,22)/t4-,6-,7-,10-/m1/s1. The number of nitrogens with two attached hydrogens (primary N) is 1. The first-order chi connectivity index (χ1) is 11.5. The zero-order chi connectivity index (χ0) is 17.4. The number of ether oxygens (including phenoxy) is 1. The lowest BCUT2D eigenvalue weighted by Crippen LogP contribution is -2.33. The molecule has 0 unspecified atom stereocenters. The van der Waals surface area contributed by atoms with Crippen molar-refractivity contribution in [3.05, 3.63) is 6.33 Å². The number of hydrogen-bond donors (Lipinski definition) is 5. The summed E-state index contributed by atoms with van der Waals surface area (Å²) in [7, 11) is 0. The Bertz CT molecular complexity index is 770. The molecule has 0 aliphatic carbocycles. The number of hydrogen-bond acceptors (Lipinski definition) is 9. The van der Waals surface area contributed by atoms with Gasteiger partial charge >= 0.3 is 6.03 Å². The van der Waals surface area contributed by atoms with Crippen LogP contribution in [0.1, 0.15) is 6.23 Å². The molecule has 0 saturated carbocycles. The first-order valence-corrected chi connectivity index (χ1v) is 8.16. The molecule has 1 fully saturated rings. The molecule has 6 N–H and O–H groups in total. The molecule has 0 spiro atoms. The summed E-state index contributed by atoms with van der Waals surface area (Å²) >= 11 is 1.24. The first kappa shape index (κ1) is 16.9. The summed E-state index contributed by atoms with van der Waals surface area (Å²) in [4.78, 5) is 23.7. The van der Waals surface area contributed by atoms with Gasteiger partial charge in [0.15, 0.2) is 28.4 Å². The van der Waals surface area contributed by atoms with Crippen LogP contribution in [0.15, 0.2) is 11.5 Å². The summed E-state index contributed by atoms with van der Waals surface area (Å²) in [6.07, 6.45) is -1.35. The normalized spacial score (nSPS) is 26.8. The molecule has 1 aliphatic rings. The average molecular weight is 356 g/mol. The van der Waals surface area contributed by atoms with Crippen molar-refractivity contribution >= 4 is 34.8 Å². The van der Waals surface area contributed by atoms with Crippen molar-refractivity contribution in [1.82, 2.24) is 19.5 Å². The Morgan fingerprint density at radius 1 is 1.46 bits per heavy atom. The Kier molecular flexibility index (Phi) is 4.56. The summed E-state index contributed by atoms with van der Waals surface area (Å²) in [6, 6.07) is -0.801. The highest BCUT2D eigenvalue weighted by Crippen LogP contribution is 2.32. The first-order valence-electron chi connectivity index (χ1n) is 6.93. The van der Waals surface area contributed by atoms with Gasteiger partial charge in [0.2, 0.25) is 0 Å². The van der Waals surface area contributed by atoms with Crippen LogP contribution >= 0.6 is 11.8 Å². The van der Waals surface area contributed by atoms with E-state index in [1.807, 2.05) is 0 Å². The van der Waals surface area contributed by atoms with Crippen LogP contribution in [0.25, 0.3) is 11.2 Å². The number of anilines is 1. The van der Waals surface area contributed by atoms with E-state index in [1.54, 1.807) is 6.26 Å². The Balaban J connectivity index is 2.08. The second kappa shape index (κ2) is 6.49. The minimum Gasteiger partial charge on any atom is -0.394 e. The molecule has 2 aromatic rings. The van der Waals surface area contributed by atoms with Crippen LogP contribution in [-0.4, -0.2) is 72.0 Å². The van der Waals surface area contributed by atoms with Crippen LogP contribution < -0.4 is 11.1 Å². The number of aliphatic hydroxyl groups excluding tert-OH is 3. The van der Waals surface area contributed by atoms with Gasteiger partial charge in [-0.3, -0.25) is 9.88 Å². The van der Waals surface area contributed by atoms with E-state index >= 15 is 0 Å². The minimum atomic E-state index is -1.28. The van der Waals surface area contributed by atoms with Gasteiger partial charge in [-0.05, 0) is 6.26 Å². The number of amides is 2. The number of carbonyl (C=O) groups is 1. The third-order valence-corrected chi connectivity index (χ3v) is 4.16. The average Bonchev–Trinajstić information content (AvgIpc) is 3.09. The number of carbonyl (C=O) groups excluding carboxylic acids is 1. The predicted molar refractivity (Wildman–Crippen MR) is 83.3 cm³/mol. The summed E-state index contributed by atoms with van der Waals surface area (Å²) in [6.45, 7) is -0.444. The summed E-state index contributed by atoms with van der Waals surface area (Å²) < 4.78 is 6.88. The third-order valence-electron chi connectivity index (χ3n) is 3.62. The Morgan fingerprint density at radius 3 is 2.79 bits per heavy atom. The number of aromatic nitrogens is 4. The number of urea groups is 1. The van der Waals surface area contributed by atoms with Crippen molar-refractivity contribution in [3.63, 3.8) is 0 Å². The molecular weight excluding hydrogens is 340 g/mol. The Labute approximate surface area is 139 Å². The molecule has 4 atom stereocenters. The van der Waals surface area contributed by atoms with Crippen LogP contribution in [0.4, 0.5) is 10.6 Å². The molecule has 3 rings (SSSR count). The van der Waals surface area contributed by atoms with E-state index in [4.69, 9.17) is 10.5 Å². The van der Waals surface area contributed by atoms with Crippen LogP contribution in [0.3, 0.4) is 0 Å². The van der Waals surface area contributed by atoms with E-state index < -0.39 is 37.2 Å². The SMILES string of the molecule is CSc1nc(NC(N)=O)c2ncn([C@@H]3O[C@H](CO)[C@@H](O)[C@H]3O)c2n1. The lowest BCUT2D eigenvalue weighted by atomic mass is 10.1. The largest absolute Gasteiger partial charge is 0.394 e. The highest BCUT2D eigenvalue weighted by Gasteiger charge is 2.44. The van der Waals surface area contributed by atoms with Gasteiger partial charge in [-0.15, -0.1) is 0 Å². The predicted octanol–water partition coefficient (Wildman–Crippen LogP) is -1.35. The Morgan fingerprint density at radius 2 is 2.21 bits per heavy atom. The lowest BCUT2D eigenvalue weighted by molar-refractivity contribution is -0.0511. The smallest absolute Gasteiger partial charge is 0.317 e. The van der Waals surface area contributed by atoms with Gasteiger partial charge in [0.1, 0.15) is 18.3 Å². The van der Waals surface area contributed by atoms with E-state index in [1.165, 1.54) is 22.7 Å². The number of nitrogens with one attached hydrogen (secondary N) is 1. The highest BCUT2D eigenvalue weighted by molar-refractivity contribution is 7.98. The zero-order valence-electron chi connectivity index (χ0n) is 12.5. The van der Waals surface area contributed by atoms with Gasteiger partial charge in [-0.2, -0.15) is 0 Å². The summed E-state index contributed by atoms with van der Waals surface area (Å²) in [5.41, 5.74) is 5.67. The molecule has 0 radical (unpaired) electrons. The van der Waals surface area contributed by atoms with Crippen LogP contribution in [0.2, 0.25) is 0 Å². The fourth-order valence-corrected chi connectivity index (χ4v) is 2.85. The molecule has 0 bridgehead atoms. The van der Waals surface area contributed by atoms with Crippen LogP contribution in [0, 0.1) is 0 Å². The molecule has 130 valence electrons. The number of primary amides is 1. The van der Waals surface area contributed by atoms with Gasteiger partial charge in [0.05, 0.1) is 12.9 Å². The van der Waals surface area contributed by atoms with E-state index in [0.717, 1.165) is 0 Å². The van der Waals surface area contributed by atoms with Crippen LogP contribution in [0.5, 0.6) is 0 Å². The fourth-order valence-electron chi connectivity index (χ4n) is 2.49. The number of thioether (sulfide) groups is 1. The zero-order valence-corrected chi connectivity index (χ0v) is 13.3. The van der Waals surface area contributed by atoms with Gasteiger partial charge in [-0.1, -0.05) is 11.8 Å². The molecule has 1 saturated heterocycles. The van der Waals surface area contributed by atoms with Crippen molar-refractivity contribution in [2.75, 3.05) is 18.2 Å². The van der Waals surface area contributed by atoms with Crippen molar-refractivity contribution in [1.29, 1.82) is 0 Å². The monoisotopic (exact) mass is 356 g/mol. The molecule has 12 heteroatoms. The highest BCUT2D eigenvalue weighted by atomic mass is 32.2.